The van der Waals surface area contributed by atoms with Crippen LogP contribution >= 0.6 is 11.3 Å². The van der Waals surface area contributed by atoms with Crippen molar-refractivity contribution in [3.05, 3.63) is 55.0 Å². The minimum atomic E-state index is -0.529. The molecule has 0 aromatic carbocycles. The topological polar surface area (TPSA) is 118 Å². The molecule has 0 spiro atoms. The Morgan fingerprint density at radius 2 is 1.92 bits per heavy atom. The van der Waals surface area contributed by atoms with Crippen molar-refractivity contribution in [3.8, 4) is 11.3 Å². The second-order valence-electron chi connectivity index (χ2n) is 8.95. The molecule has 174 valence electrons. The zero-order chi connectivity index (χ0) is 24.0. The van der Waals surface area contributed by atoms with Crippen molar-refractivity contribution >= 4 is 70.8 Å². The molecule has 8 bridgehead atoms. The Bertz CT molecular complexity index is 2060. The number of halogens is 1. The molecule has 5 aromatic rings. The Balaban J connectivity index is 1.63. The van der Waals surface area contributed by atoms with Crippen LogP contribution in [0, 0.1) is 11.7 Å². The highest BCUT2D eigenvalue weighted by molar-refractivity contribution is 7.24. The summed E-state index contributed by atoms with van der Waals surface area (Å²) < 4.78 is 18.6. The van der Waals surface area contributed by atoms with Crippen molar-refractivity contribution in [2.45, 2.75) is 12.8 Å². The number of fused-ring (bicyclic) bond motifs is 9. The fourth-order valence-corrected chi connectivity index (χ4v) is 5.76. The summed E-state index contributed by atoms with van der Waals surface area (Å²) in [5.74, 6) is -0.553. The molecule has 9 nitrogen and oxygen atoms in total. The summed E-state index contributed by atoms with van der Waals surface area (Å²) in [4.78, 5) is 36.7. The monoisotopic (exact) mass is 494 g/mol. The fraction of sp³-hybridized carbons (Fsp3) is 0.120. The van der Waals surface area contributed by atoms with E-state index >= 15 is 4.39 Å². The molecule has 11 heteroatoms. The highest BCUT2D eigenvalue weighted by Crippen LogP contribution is 2.36. The van der Waals surface area contributed by atoms with Crippen LogP contribution in [0.2, 0.25) is 0 Å². The van der Waals surface area contributed by atoms with Crippen molar-refractivity contribution in [1.82, 2.24) is 39.7 Å². The maximum atomic E-state index is 16.0. The lowest BCUT2D eigenvalue weighted by Crippen LogP contribution is -2.12. The van der Waals surface area contributed by atoms with E-state index in [1.807, 2.05) is 12.1 Å². The standard InChI is InChI=1S/C25H15FN8OS/c26-20-19-15-10-29-21(20)12-5-13(7-27-6-12)34(25(35)11-1-2-11)18-4-3-17(36-18)14-8-28-9-16-22(14)31-24(30-16)23(19)33-32-15/h3-11,32-33H,1-2H2. The highest BCUT2D eigenvalue weighted by Gasteiger charge is 2.31. The number of H-pyrrole nitrogens is 2. The molecule has 0 unspecified atom stereocenters. The molecular formula is C25H15FN8OS. The molecule has 0 atom stereocenters. The summed E-state index contributed by atoms with van der Waals surface area (Å²) in [7, 11) is 0. The number of hydrogen-bond donors (Lipinski definition) is 2. The molecule has 5 aromatic heterocycles. The molecule has 0 radical (unpaired) electrons. The van der Waals surface area contributed by atoms with Crippen molar-refractivity contribution in [3.63, 3.8) is 0 Å². The lowest BCUT2D eigenvalue weighted by Gasteiger charge is -2.07. The third kappa shape index (κ3) is 2.74. The van der Waals surface area contributed by atoms with E-state index in [-0.39, 0.29) is 17.3 Å². The van der Waals surface area contributed by atoms with Crippen LogP contribution in [0.1, 0.15) is 17.6 Å². The Labute approximate surface area is 204 Å². The van der Waals surface area contributed by atoms with Crippen LogP contribution in [-0.4, -0.2) is 45.6 Å². The van der Waals surface area contributed by atoms with Crippen LogP contribution < -0.4 is 0 Å². The summed E-state index contributed by atoms with van der Waals surface area (Å²) in [6.45, 7) is 0. The number of imidazole rings is 1. The Morgan fingerprint density at radius 1 is 1.03 bits per heavy atom. The number of rotatable bonds is 1. The minimum Gasteiger partial charge on any atom is -0.298 e. The van der Waals surface area contributed by atoms with Crippen LogP contribution in [0.4, 0.5) is 4.39 Å². The molecular weight excluding hydrogens is 479 g/mol. The zero-order valence-electron chi connectivity index (χ0n) is 18.5. The van der Waals surface area contributed by atoms with Gasteiger partial charge in [-0.1, -0.05) is 0 Å². The summed E-state index contributed by atoms with van der Waals surface area (Å²) in [5, 5.41) is 7.24. The third-order valence-electron chi connectivity index (χ3n) is 6.64. The first-order chi connectivity index (χ1) is 17.7. The number of pyridine rings is 3. The summed E-state index contributed by atoms with van der Waals surface area (Å²) in [6.07, 6.45) is 9.84. The Hall–Kier alpha value is -4.51. The Morgan fingerprint density at radius 3 is 2.81 bits per heavy atom. The van der Waals surface area contributed by atoms with Gasteiger partial charge in [0.15, 0.2) is 11.5 Å². The number of aromatic amines is 2. The maximum absolute atomic E-state index is 16.0. The second-order valence-corrected chi connectivity index (χ2v) is 10.0. The van der Waals surface area contributed by atoms with Gasteiger partial charge in [0.25, 0.3) is 0 Å². The van der Waals surface area contributed by atoms with E-state index in [2.05, 4.69) is 30.1 Å². The van der Waals surface area contributed by atoms with Gasteiger partial charge in [0.2, 0.25) is 5.91 Å². The summed E-state index contributed by atoms with van der Waals surface area (Å²) in [6, 6.07) is 5.64. The average molecular weight is 495 g/mol. The van der Waals surface area contributed by atoms with Crippen LogP contribution in [0.3, 0.4) is 0 Å². The quantitative estimate of drug-likeness (QED) is 0.317. The van der Waals surface area contributed by atoms with Crippen molar-refractivity contribution < 1.29 is 9.18 Å². The molecule has 8 rings (SSSR count). The molecule has 1 saturated carbocycles. The normalized spacial score (nSPS) is 14.0. The van der Waals surface area contributed by atoms with Gasteiger partial charge in [-0.3, -0.25) is 34.5 Å². The van der Waals surface area contributed by atoms with E-state index < -0.39 is 5.82 Å². The molecule has 36 heavy (non-hydrogen) atoms. The highest BCUT2D eigenvalue weighted by atomic mass is 32.1. The van der Waals surface area contributed by atoms with Gasteiger partial charge in [-0.25, -0.2) is 14.4 Å². The van der Waals surface area contributed by atoms with E-state index in [1.54, 1.807) is 41.6 Å². The number of nitrogens with one attached hydrogen (secondary N) is 2. The predicted octanol–water partition coefficient (Wildman–Crippen LogP) is 5.37. The van der Waals surface area contributed by atoms with E-state index in [0.29, 0.717) is 44.4 Å². The van der Waals surface area contributed by atoms with Gasteiger partial charge in [0.1, 0.15) is 27.1 Å². The number of aromatic nitrogens is 8. The van der Waals surface area contributed by atoms with Crippen LogP contribution in [-0.2, 0) is 0 Å². The molecule has 3 aliphatic rings. The number of thiophene rings is 1. The van der Waals surface area contributed by atoms with Gasteiger partial charge in [0.05, 0.1) is 35.2 Å². The van der Waals surface area contributed by atoms with Gasteiger partial charge in [0, 0.05) is 33.8 Å². The first-order valence-electron chi connectivity index (χ1n) is 11.4. The predicted molar refractivity (Wildman–Crippen MR) is 135 cm³/mol. The number of nitrogens with zero attached hydrogens (tertiary/aromatic N) is 6. The minimum absolute atomic E-state index is 0.00444. The average Bonchev–Trinajstić information content (AvgIpc) is 3.26. The van der Waals surface area contributed by atoms with E-state index in [4.69, 9.17) is 4.98 Å². The summed E-state index contributed by atoms with van der Waals surface area (Å²) >= 11 is 1.47. The van der Waals surface area contributed by atoms with E-state index in [0.717, 1.165) is 27.8 Å². The number of hydrogen-bond acceptors (Lipinski definition) is 7. The fourth-order valence-electron chi connectivity index (χ4n) is 4.71. The molecule has 1 aliphatic carbocycles. The first kappa shape index (κ1) is 19.8. The third-order valence-corrected chi connectivity index (χ3v) is 7.74. The van der Waals surface area contributed by atoms with E-state index in [1.165, 1.54) is 11.3 Å². The number of carbonyl (C=O) groups excluding carboxylic acids is 1. The van der Waals surface area contributed by atoms with Gasteiger partial charge >= 0.3 is 0 Å². The largest absolute Gasteiger partial charge is 0.298 e. The van der Waals surface area contributed by atoms with Crippen molar-refractivity contribution in [2.24, 2.45) is 5.92 Å². The van der Waals surface area contributed by atoms with Crippen LogP contribution in [0.15, 0.2) is 49.2 Å². The lowest BCUT2D eigenvalue weighted by molar-refractivity contribution is 0.0896. The molecule has 0 amide bonds. The lowest BCUT2D eigenvalue weighted by atomic mass is 10.1. The SMILES string of the molecule is O=C(C1CC1)n1c2cncc(c2)c2ncc3[nH][nH]c(c4nc5cncc(c6ccc1s6)c5n4)-c3c2F. The van der Waals surface area contributed by atoms with Crippen molar-refractivity contribution in [1.29, 1.82) is 0 Å². The second kappa shape index (κ2) is 7.01. The molecule has 1 fully saturated rings. The van der Waals surface area contributed by atoms with Crippen molar-refractivity contribution in [2.75, 3.05) is 0 Å². The first-order valence-corrected chi connectivity index (χ1v) is 12.2. The Kier molecular flexibility index (Phi) is 3.85. The summed E-state index contributed by atoms with van der Waals surface area (Å²) in [5.41, 5.74) is 3.51. The number of carbonyl (C=O) groups is 1. The molecule has 7 heterocycles. The zero-order valence-corrected chi connectivity index (χ0v) is 19.3. The molecule has 0 saturated heterocycles. The smallest absolute Gasteiger partial charge is 0.235 e. The van der Waals surface area contributed by atoms with Crippen LogP contribution in [0.25, 0.3) is 64.8 Å². The van der Waals surface area contributed by atoms with Gasteiger partial charge in [-0.05, 0) is 31.0 Å². The molecule has 2 aliphatic heterocycles. The molecule has 2 N–H and O–H groups in total. The van der Waals surface area contributed by atoms with E-state index in [9.17, 15) is 4.79 Å². The maximum Gasteiger partial charge on any atom is 0.235 e. The van der Waals surface area contributed by atoms with Gasteiger partial charge < -0.3 is 0 Å². The van der Waals surface area contributed by atoms with Crippen LogP contribution in [0.5, 0.6) is 0 Å². The van der Waals surface area contributed by atoms with Gasteiger partial charge in [-0.2, -0.15) is 0 Å². The van der Waals surface area contributed by atoms with Gasteiger partial charge in [-0.15, -0.1) is 11.3 Å².